The molecule has 1 aliphatic rings. The van der Waals surface area contributed by atoms with Crippen LogP contribution in [-0.4, -0.2) is 36.2 Å². The van der Waals surface area contributed by atoms with E-state index in [1.807, 2.05) is 6.07 Å². The summed E-state index contributed by atoms with van der Waals surface area (Å²) in [5.41, 5.74) is 1.13. The van der Waals surface area contributed by atoms with Gasteiger partial charge in [0, 0.05) is 42.3 Å². The highest BCUT2D eigenvalue weighted by Gasteiger charge is 2.26. The van der Waals surface area contributed by atoms with Crippen LogP contribution in [0.1, 0.15) is 24.9 Å². The minimum absolute atomic E-state index is 0. The molecule has 21 heavy (non-hydrogen) atoms. The van der Waals surface area contributed by atoms with E-state index in [0.717, 1.165) is 47.1 Å². The maximum atomic E-state index is 10.1. The second kappa shape index (κ2) is 9.96. The molecule has 122 valence electrons. The van der Waals surface area contributed by atoms with E-state index >= 15 is 0 Å². The van der Waals surface area contributed by atoms with Gasteiger partial charge in [-0.25, -0.2) is 0 Å². The second-order valence-electron chi connectivity index (χ2n) is 4.63. The first-order valence-electron chi connectivity index (χ1n) is 6.37. The minimum Gasteiger partial charge on any atom is -0.506 e. The van der Waals surface area contributed by atoms with Gasteiger partial charge in [0.15, 0.2) is 0 Å². The van der Waals surface area contributed by atoms with Crippen LogP contribution in [0.2, 0.25) is 0 Å². The van der Waals surface area contributed by atoms with Crippen LogP contribution >= 0.6 is 72.6 Å². The molecule has 0 radical (unpaired) electrons. The average molecular weight is 530 g/mol. The predicted molar refractivity (Wildman–Crippen MR) is 103 cm³/mol. The van der Waals surface area contributed by atoms with E-state index in [2.05, 4.69) is 64.9 Å². The standard InChI is InChI=1S/C13H17Br3N2O.2ClH/c1-2-10(18-5-3-17-4-6-18)11-8(14)7-9(15)13(19)12(11)16;;/h7,10,17,19H,2-6H2,1H3;2*1H/t10-;;/m1../s1. The lowest BCUT2D eigenvalue weighted by molar-refractivity contribution is 0.168. The third-order valence-corrected chi connectivity index (χ3v) is 5.56. The van der Waals surface area contributed by atoms with Gasteiger partial charge < -0.3 is 10.4 Å². The molecule has 0 bridgehead atoms. The summed E-state index contributed by atoms with van der Waals surface area (Å²) in [6, 6.07) is 2.23. The van der Waals surface area contributed by atoms with Crippen LogP contribution in [0.25, 0.3) is 0 Å². The molecule has 1 saturated heterocycles. The van der Waals surface area contributed by atoms with Gasteiger partial charge in [-0.3, -0.25) is 4.90 Å². The molecule has 2 N–H and O–H groups in total. The summed E-state index contributed by atoms with van der Waals surface area (Å²) in [7, 11) is 0. The SMILES string of the molecule is CC[C@H](c1c(Br)cc(Br)c(O)c1Br)N1CCNCC1.Cl.Cl. The maximum absolute atomic E-state index is 10.1. The minimum atomic E-state index is 0. The number of aromatic hydroxyl groups is 1. The lowest BCUT2D eigenvalue weighted by Crippen LogP contribution is -2.45. The molecule has 2 rings (SSSR count). The molecule has 0 amide bonds. The molecule has 1 fully saturated rings. The first kappa shape index (κ1) is 22.0. The molecular formula is C13H19Br3Cl2N2O. The van der Waals surface area contributed by atoms with E-state index in [4.69, 9.17) is 0 Å². The molecule has 0 spiro atoms. The highest BCUT2D eigenvalue weighted by molar-refractivity contribution is 9.11. The Morgan fingerprint density at radius 3 is 2.29 bits per heavy atom. The van der Waals surface area contributed by atoms with E-state index < -0.39 is 0 Å². The second-order valence-corrected chi connectivity index (χ2v) is 7.13. The highest BCUT2D eigenvalue weighted by atomic mass is 79.9. The first-order valence-corrected chi connectivity index (χ1v) is 8.75. The Bertz CT molecular complexity index is 471. The number of hydrogen-bond donors (Lipinski definition) is 2. The summed E-state index contributed by atoms with van der Waals surface area (Å²) in [6.45, 7) is 6.30. The Hall–Kier alpha value is 0.960. The number of benzene rings is 1. The smallest absolute Gasteiger partial charge is 0.144 e. The lowest BCUT2D eigenvalue weighted by atomic mass is 10.0. The number of nitrogens with zero attached hydrogens (tertiary/aromatic N) is 1. The summed E-state index contributed by atoms with van der Waals surface area (Å²) in [5, 5.41) is 13.5. The van der Waals surface area contributed by atoms with Crippen molar-refractivity contribution in [1.82, 2.24) is 10.2 Å². The van der Waals surface area contributed by atoms with Crippen molar-refractivity contribution in [2.75, 3.05) is 26.2 Å². The first-order chi connectivity index (χ1) is 9.06. The zero-order chi connectivity index (χ0) is 14.0. The van der Waals surface area contributed by atoms with Crippen molar-refractivity contribution in [2.45, 2.75) is 19.4 Å². The van der Waals surface area contributed by atoms with Crippen LogP contribution in [0.15, 0.2) is 19.5 Å². The van der Waals surface area contributed by atoms with Crippen molar-refractivity contribution in [3.63, 3.8) is 0 Å². The molecule has 3 nitrogen and oxygen atoms in total. The lowest BCUT2D eigenvalue weighted by Gasteiger charge is -2.35. The average Bonchev–Trinajstić information content (AvgIpc) is 2.42. The van der Waals surface area contributed by atoms with Crippen molar-refractivity contribution >= 4 is 72.6 Å². The van der Waals surface area contributed by atoms with Crippen LogP contribution in [-0.2, 0) is 0 Å². The topological polar surface area (TPSA) is 35.5 Å². The molecule has 1 aromatic rings. The molecular weight excluding hydrogens is 511 g/mol. The van der Waals surface area contributed by atoms with Crippen molar-refractivity contribution < 1.29 is 5.11 Å². The van der Waals surface area contributed by atoms with Crippen LogP contribution in [0.5, 0.6) is 5.75 Å². The quantitative estimate of drug-likeness (QED) is 0.586. The van der Waals surface area contributed by atoms with Crippen LogP contribution in [0.4, 0.5) is 0 Å². The Labute approximate surface area is 163 Å². The van der Waals surface area contributed by atoms with Gasteiger partial charge in [0.1, 0.15) is 5.75 Å². The van der Waals surface area contributed by atoms with Gasteiger partial charge in [-0.1, -0.05) is 22.9 Å². The molecule has 1 aliphatic heterocycles. The van der Waals surface area contributed by atoms with Gasteiger partial charge in [-0.2, -0.15) is 0 Å². The molecule has 0 aromatic heterocycles. The summed E-state index contributed by atoms with van der Waals surface area (Å²) < 4.78 is 2.50. The van der Waals surface area contributed by atoms with E-state index in [0.29, 0.717) is 10.5 Å². The van der Waals surface area contributed by atoms with Gasteiger partial charge in [0.25, 0.3) is 0 Å². The normalized spacial score (nSPS) is 16.8. The fourth-order valence-electron chi connectivity index (χ4n) is 2.54. The maximum Gasteiger partial charge on any atom is 0.144 e. The van der Waals surface area contributed by atoms with Gasteiger partial charge in [-0.15, -0.1) is 24.8 Å². The molecule has 1 heterocycles. The van der Waals surface area contributed by atoms with Crippen molar-refractivity contribution in [3.05, 3.63) is 25.0 Å². The Balaban J connectivity index is 0.00000200. The number of halogens is 5. The number of phenols is 1. The van der Waals surface area contributed by atoms with E-state index in [1.165, 1.54) is 0 Å². The van der Waals surface area contributed by atoms with E-state index in [9.17, 15) is 5.11 Å². The molecule has 0 aliphatic carbocycles. The number of phenolic OH excluding ortho intramolecular Hbond substituents is 1. The highest BCUT2D eigenvalue weighted by Crippen LogP contribution is 2.44. The molecule has 1 aromatic carbocycles. The Morgan fingerprint density at radius 1 is 1.19 bits per heavy atom. The van der Waals surface area contributed by atoms with Gasteiger partial charge in [0.2, 0.25) is 0 Å². The number of rotatable bonds is 3. The summed E-state index contributed by atoms with van der Waals surface area (Å²) in [5.74, 6) is 0.270. The van der Waals surface area contributed by atoms with Gasteiger partial charge in [0.05, 0.1) is 8.95 Å². The predicted octanol–water partition coefficient (Wildman–Crippen LogP) is 4.88. The molecule has 0 saturated carbocycles. The van der Waals surface area contributed by atoms with Crippen LogP contribution < -0.4 is 5.32 Å². The number of piperazine rings is 1. The zero-order valence-corrected chi connectivity index (χ0v) is 17.9. The van der Waals surface area contributed by atoms with E-state index in [-0.39, 0.29) is 30.6 Å². The summed E-state index contributed by atoms with van der Waals surface area (Å²) >= 11 is 10.5. The van der Waals surface area contributed by atoms with Crippen LogP contribution in [0.3, 0.4) is 0 Å². The summed E-state index contributed by atoms with van der Waals surface area (Å²) in [4.78, 5) is 2.47. The van der Waals surface area contributed by atoms with Crippen molar-refractivity contribution in [3.8, 4) is 5.75 Å². The Morgan fingerprint density at radius 2 is 1.76 bits per heavy atom. The monoisotopic (exact) mass is 526 g/mol. The third-order valence-electron chi connectivity index (χ3n) is 3.49. The fourth-order valence-corrected chi connectivity index (χ4v) is 5.19. The fraction of sp³-hybridized carbons (Fsp3) is 0.538. The van der Waals surface area contributed by atoms with Gasteiger partial charge in [-0.05, 0) is 44.3 Å². The Kier molecular flexibility index (Phi) is 10.4. The van der Waals surface area contributed by atoms with Crippen molar-refractivity contribution in [1.29, 1.82) is 0 Å². The van der Waals surface area contributed by atoms with E-state index in [1.54, 1.807) is 0 Å². The number of hydrogen-bond acceptors (Lipinski definition) is 3. The summed E-state index contributed by atoms with van der Waals surface area (Å²) in [6.07, 6.45) is 1.01. The molecule has 0 unspecified atom stereocenters. The third kappa shape index (κ3) is 4.96. The van der Waals surface area contributed by atoms with Crippen LogP contribution in [0, 0.1) is 0 Å². The zero-order valence-electron chi connectivity index (χ0n) is 11.5. The van der Waals surface area contributed by atoms with Crippen molar-refractivity contribution in [2.24, 2.45) is 0 Å². The molecule has 8 heteroatoms. The largest absolute Gasteiger partial charge is 0.506 e. The number of nitrogens with one attached hydrogen (secondary N) is 1. The van der Waals surface area contributed by atoms with Gasteiger partial charge >= 0.3 is 0 Å². The molecule has 1 atom stereocenters.